The normalized spacial score (nSPS) is 26.4. The zero-order valence-corrected chi connectivity index (χ0v) is 9.04. The molecule has 0 saturated carbocycles. The Morgan fingerprint density at radius 2 is 1.79 bits per heavy atom. The molecule has 0 unspecified atom stereocenters. The minimum atomic E-state index is 0.736. The summed E-state index contributed by atoms with van der Waals surface area (Å²) in [5, 5.41) is 3.29. The van der Waals surface area contributed by atoms with E-state index >= 15 is 0 Å². The van der Waals surface area contributed by atoms with E-state index in [1.54, 1.807) is 0 Å². The number of morpholine rings is 1. The number of hydrogen-bond acceptors (Lipinski definition) is 4. The van der Waals surface area contributed by atoms with Crippen molar-refractivity contribution in [2.75, 3.05) is 59.5 Å². The molecule has 0 radical (unpaired) electrons. The van der Waals surface area contributed by atoms with Gasteiger partial charge in [-0.3, -0.25) is 9.80 Å². The molecule has 2 fully saturated rings. The van der Waals surface area contributed by atoms with Gasteiger partial charge in [-0.15, -0.1) is 0 Å². The van der Waals surface area contributed by atoms with Crippen LogP contribution in [0.3, 0.4) is 0 Å². The number of hydrogen-bond donors (Lipinski definition) is 1. The van der Waals surface area contributed by atoms with Crippen molar-refractivity contribution >= 4 is 0 Å². The van der Waals surface area contributed by atoms with Crippen molar-refractivity contribution in [2.45, 2.75) is 6.04 Å². The third kappa shape index (κ3) is 2.67. The summed E-state index contributed by atoms with van der Waals surface area (Å²) in [4.78, 5) is 5.01. The van der Waals surface area contributed by atoms with Gasteiger partial charge in [-0.05, 0) is 7.05 Å². The van der Waals surface area contributed by atoms with Crippen LogP contribution in [0.1, 0.15) is 0 Å². The molecule has 4 heteroatoms. The third-order valence-corrected chi connectivity index (χ3v) is 3.20. The largest absolute Gasteiger partial charge is 0.379 e. The zero-order valence-electron chi connectivity index (χ0n) is 9.04. The number of likely N-dealkylation sites (tertiary alicyclic amines) is 1. The summed E-state index contributed by atoms with van der Waals surface area (Å²) in [5.74, 6) is 0. The summed E-state index contributed by atoms with van der Waals surface area (Å²) in [6.45, 7) is 8.94. The van der Waals surface area contributed by atoms with Crippen LogP contribution >= 0.6 is 0 Å². The molecule has 0 bridgehead atoms. The van der Waals surface area contributed by atoms with Crippen LogP contribution in [0.2, 0.25) is 0 Å². The van der Waals surface area contributed by atoms with E-state index in [0.29, 0.717) is 0 Å². The monoisotopic (exact) mass is 199 g/mol. The van der Waals surface area contributed by atoms with Crippen molar-refractivity contribution < 1.29 is 4.74 Å². The fourth-order valence-electron chi connectivity index (χ4n) is 2.04. The molecule has 2 rings (SSSR count). The number of nitrogens with zero attached hydrogens (tertiary/aromatic N) is 2. The van der Waals surface area contributed by atoms with Crippen molar-refractivity contribution in [2.24, 2.45) is 0 Å². The van der Waals surface area contributed by atoms with Crippen LogP contribution in [0.25, 0.3) is 0 Å². The minimum absolute atomic E-state index is 0.736. The summed E-state index contributed by atoms with van der Waals surface area (Å²) in [6, 6.07) is 0.736. The van der Waals surface area contributed by atoms with Crippen LogP contribution in [0.15, 0.2) is 0 Å². The predicted octanol–water partition coefficient (Wildman–Crippen LogP) is -0.778. The van der Waals surface area contributed by atoms with Crippen LogP contribution in [-0.4, -0.2) is 75.4 Å². The van der Waals surface area contributed by atoms with E-state index in [9.17, 15) is 0 Å². The van der Waals surface area contributed by atoms with Crippen molar-refractivity contribution in [3.8, 4) is 0 Å². The molecule has 2 saturated heterocycles. The maximum Gasteiger partial charge on any atom is 0.0594 e. The summed E-state index contributed by atoms with van der Waals surface area (Å²) < 4.78 is 5.32. The number of nitrogens with one attached hydrogen (secondary N) is 1. The number of ether oxygens (including phenoxy) is 1. The Kier molecular flexibility index (Phi) is 3.75. The van der Waals surface area contributed by atoms with Crippen LogP contribution in [0, 0.1) is 0 Å². The van der Waals surface area contributed by atoms with Crippen molar-refractivity contribution in [3.63, 3.8) is 0 Å². The molecule has 2 aliphatic rings. The first-order chi connectivity index (χ1) is 6.88. The first-order valence-corrected chi connectivity index (χ1v) is 5.58. The highest BCUT2D eigenvalue weighted by molar-refractivity contribution is 4.84. The third-order valence-electron chi connectivity index (χ3n) is 3.20. The molecule has 2 heterocycles. The molecule has 2 aliphatic heterocycles. The SMILES string of the molecule is CNC1CN(CCN2CCOCC2)C1. The first kappa shape index (κ1) is 10.4. The van der Waals surface area contributed by atoms with E-state index in [2.05, 4.69) is 15.1 Å². The van der Waals surface area contributed by atoms with Gasteiger partial charge in [-0.25, -0.2) is 0 Å². The summed E-state index contributed by atoms with van der Waals surface area (Å²) in [7, 11) is 2.05. The van der Waals surface area contributed by atoms with Crippen molar-refractivity contribution in [3.05, 3.63) is 0 Å². The second kappa shape index (κ2) is 5.07. The van der Waals surface area contributed by atoms with Gasteiger partial charge in [-0.2, -0.15) is 0 Å². The molecule has 82 valence electrons. The molecule has 14 heavy (non-hydrogen) atoms. The average Bonchev–Trinajstić information content (AvgIpc) is 2.17. The van der Waals surface area contributed by atoms with Gasteiger partial charge in [0.15, 0.2) is 0 Å². The number of rotatable bonds is 4. The van der Waals surface area contributed by atoms with Gasteiger partial charge in [0.1, 0.15) is 0 Å². The minimum Gasteiger partial charge on any atom is -0.379 e. The van der Waals surface area contributed by atoms with Gasteiger partial charge in [-0.1, -0.05) is 0 Å². The Bertz CT molecular complexity index is 165. The average molecular weight is 199 g/mol. The van der Waals surface area contributed by atoms with Crippen molar-refractivity contribution in [1.29, 1.82) is 0 Å². The van der Waals surface area contributed by atoms with Gasteiger partial charge < -0.3 is 10.1 Å². The second-order valence-corrected chi connectivity index (χ2v) is 4.20. The van der Waals surface area contributed by atoms with Crippen molar-refractivity contribution in [1.82, 2.24) is 15.1 Å². The Morgan fingerprint density at radius 1 is 1.14 bits per heavy atom. The highest BCUT2D eigenvalue weighted by Gasteiger charge is 2.24. The standard InChI is InChI=1S/C10H21N3O/c1-11-10-8-13(9-10)3-2-12-4-6-14-7-5-12/h10-11H,2-9H2,1H3. The molecular formula is C10H21N3O. The van der Waals surface area contributed by atoms with E-state index in [1.807, 2.05) is 7.05 Å². The van der Waals surface area contributed by atoms with Crippen LogP contribution in [-0.2, 0) is 4.74 Å². The number of likely N-dealkylation sites (N-methyl/N-ethyl adjacent to an activating group) is 1. The molecular weight excluding hydrogens is 178 g/mol. The molecule has 0 aromatic carbocycles. The Hall–Kier alpha value is -0.160. The Labute approximate surface area is 86.2 Å². The van der Waals surface area contributed by atoms with Crippen LogP contribution in [0.5, 0.6) is 0 Å². The van der Waals surface area contributed by atoms with E-state index < -0.39 is 0 Å². The van der Waals surface area contributed by atoms with Gasteiger partial charge in [0.05, 0.1) is 13.2 Å². The molecule has 0 aromatic rings. The summed E-state index contributed by atoms with van der Waals surface area (Å²) in [5.41, 5.74) is 0. The lowest BCUT2D eigenvalue weighted by molar-refractivity contribution is 0.0266. The molecule has 4 nitrogen and oxygen atoms in total. The highest BCUT2D eigenvalue weighted by atomic mass is 16.5. The summed E-state index contributed by atoms with van der Waals surface area (Å²) in [6.07, 6.45) is 0. The first-order valence-electron chi connectivity index (χ1n) is 5.58. The topological polar surface area (TPSA) is 27.7 Å². The van der Waals surface area contributed by atoms with Gasteiger partial charge in [0, 0.05) is 45.3 Å². The predicted molar refractivity (Wildman–Crippen MR) is 56.5 cm³/mol. The lowest BCUT2D eigenvalue weighted by atomic mass is 10.1. The fraction of sp³-hybridized carbons (Fsp3) is 1.00. The van der Waals surface area contributed by atoms with E-state index in [1.165, 1.54) is 26.2 Å². The second-order valence-electron chi connectivity index (χ2n) is 4.20. The Morgan fingerprint density at radius 3 is 2.43 bits per heavy atom. The molecule has 0 spiro atoms. The smallest absolute Gasteiger partial charge is 0.0594 e. The Balaban J connectivity index is 1.54. The molecule has 0 aliphatic carbocycles. The molecule has 1 N–H and O–H groups in total. The fourth-order valence-corrected chi connectivity index (χ4v) is 2.04. The maximum absolute atomic E-state index is 5.32. The lowest BCUT2D eigenvalue weighted by Gasteiger charge is -2.40. The maximum atomic E-state index is 5.32. The van der Waals surface area contributed by atoms with Crippen LogP contribution < -0.4 is 5.32 Å². The molecule has 0 amide bonds. The summed E-state index contributed by atoms with van der Waals surface area (Å²) >= 11 is 0. The quantitative estimate of drug-likeness (QED) is 0.643. The van der Waals surface area contributed by atoms with E-state index in [0.717, 1.165) is 32.3 Å². The van der Waals surface area contributed by atoms with Crippen LogP contribution in [0.4, 0.5) is 0 Å². The zero-order chi connectivity index (χ0) is 9.80. The van der Waals surface area contributed by atoms with E-state index in [4.69, 9.17) is 4.74 Å². The van der Waals surface area contributed by atoms with Gasteiger partial charge >= 0.3 is 0 Å². The highest BCUT2D eigenvalue weighted by Crippen LogP contribution is 2.07. The molecule has 0 atom stereocenters. The molecule has 0 aromatic heterocycles. The van der Waals surface area contributed by atoms with E-state index in [-0.39, 0.29) is 0 Å². The van der Waals surface area contributed by atoms with Gasteiger partial charge in [0.2, 0.25) is 0 Å². The lowest BCUT2D eigenvalue weighted by Crippen LogP contribution is -2.58. The van der Waals surface area contributed by atoms with Gasteiger partial charge in [0.25, 0.3) is 0 Å².